The molecule has 2 aromatic rings. The van der Waals surface area contributed by atoms with Crippen molar-refractivity contribution in [3.05, 3.63) is 58.6 Å². The number of hydrogen-bond donors (Lipinski definition) is 2. The van der Waals surface area contributed by atoms with Gasteiger partial charge in [0, 0.05) is 18.1 Å². The SMILES string of the molecule is CN(CC(=O)NCc1ccccc1)c1ccc(Br)cc1N. The standard InChI is InChI=1S/C16H18BrN3O/c1-20(15-8-7-13(17)9-14(15)18)11-16(21)19-10-12-5-3-2-4-6-12/h2-9H,10-11,18H2,1H3,(H,19,21). The normalized spacial score (nSPS) is 10.2. The van der Waals surface area contributed by atoms with Crippen molar-refractivity contribution in [3.8, 4) is 0 Å². The molecule has 0 saturated heterocycles. The third-order valence-electron chi connectivity index (χ3n) is 3.11. The second kappa shape index (κ2) is 7.13. The molecule has 0 atom stereocenters. The maximum absolute atomic E-state index is 12.0. The third-order valence-corrected chi connectivity index (χ3v) is 3.61. The van der Waals surface area contributed by atoms with E-state index in [2.05, 4.69) is 21.2 Å². The van der Waals surface area contributed by atoms with Gasteiger partial charge in [0.05, 0.1) is 17.9 Å². The van der Waals surface area contributed by atoms with Crippen LogP contribution in [0.5, 0.6) is 0 Å². The van der Waals surface area contributed by atoms with Crippen molar-refractivity contribution in [1.82, 2.24) is 5.32 Å². The fourth-order valence-electron chi connectivity index (χ4n) is 2.03. The van der Waals surface area contributed by atoms with Crippen LogP contribution in [0.25, 0.3) is 0 Å². The molecule has 3 N–H and O–H groups in total. The summed E-state index contributed by atoms with van der Waals surface area (Å²) >= 11 is 3.37. The number of benzene rings is 2. The number of anilines is 2. The van der Waals surface area contributed by atoms with Gasteiger partial charge in [-0.1, -0.05) is 46.3 Å². The molecule has 0 aromatic heterocycles. The second-order valence-electron chi connectivity index (χ2n) is 4.82. The number of hydrogen-bond acceptors (Lipinski definition) is 3. The molecule has 0 bridgehead atoms. The number of nitrogens with one attached hydrogen (secondary N) is 1. The first-order valence-electron chi connectivity index (χ1n) is 6.63. The summed E-state index contributed by atoms with van der Waals surface area (Å²) in [5.74, 6) is -0.0383. The summed E-state index contributed by atoms with van der Waals surface area (Å²) in [6.07, 6.45) is 0. The fourth-order valence-corrected chi connectivity index (χ4v) is 2.40. The van der Waals surface area contributed by atoms with Crippen LogP contribution in [0.3, 0.4) is 0 Å². The second-order valence-corrected chi connectivity index (χ2v) is 5.74. The summed E-state index contributed by atoms with van der Waals surface area (Å²) < 4.78 is 0.922. The Morgan fingerprint density at radius 2 is 1.95 bits per heavy atom. The van der Waals surface area contributed by atoms with Gasteiger partial charge in [0.25, 0.3) is 0 Å². The van der Waals surface area contributed by atoms with Crippen LogP contribution in [-0.4, -0.2) is 19.5 Å². The Balaban J connectivity index is 1.90. The van der Waals surface area contributed by atoms with Crippen LogP contribution < -0.4 is 16.0 Å². The lowest BCUT2D eigenvalue weighted by Crippen LogP contribution is -2.35. The predicted molar refractivity (Wildman–Crippen MR) is 90.1 cm³/mol. The van der Waals surface area contributed by atoms with E-state index in [0.29, 0.717) is 12.2 Å². The lowest BCUT2D eigenvalue weighted by Gasteiger charge is -2.20. The molecule has 0 spiro atoms. The molecule has 21 heavy (non-hydrogen) atoms. The molecular formula is C16H18BrN3O. The number of nitrogens with zero attached hydrogens (tertiary/aromatic N) is 1. The van der Waals surface area contributed by atoms with Crippen LogP contribution in [0.15, 0.2) is 53.0 Å². The molecule has 0 unspecified atom stereocenters. The minimum atomic E-state index is -0.0383. The Labute approximate surface area is 133 Å². The topological polar surface area (TPSA) is 58.4 Å². The Bertz CT molecular complexity index is 616. The molecule has 0 aliphatic carbocycles. The number of likely N-dealkylation sites (N-methyl/N-ethyl adjacent to an activating group) is 1. The van der Waals surface area contributed by atoms with Gasteiger partial charge in [-0.05, 0) is 23.8 Å². The Morgan fingerprint density at radius 1 is 1.24 bits per heavy atom. The van der Waals surface area contributed by atoms with Gasteiger partial charge >= 0.3 is 0 Å². The van der Waals surface area contributed by atoms with Crippen LogP contribution >= 0.6 is 15.9 Å². The number of nitrogen functional groups attached to an aromatic ring is 1. The zero-order valence-electron chi connectivity index (χ0n) is 11.8. The van der Waals surface area contributed by atoms with E-state index in [1.54, 1.807) is 0 Å². The van der Waals surface area contributed by atoms with E-state index in [4.69, 9.17) is 5.73 Å². The van der Waals surface area contributed by atoms with Crippen molar-refractivity contribution >= 4 is 33.2 Å². The number of carbonyl (C=O) groups excluding carboxylic acids is 1. The average Bonchev–Trinajstić information content (AvgIpc) is 2.46. The van der Waals surface area contributed by atoms with Gasteiger partial charge < -0.3 is 16.0 Å². The van der Waals surface area contributed by atoms with Crippen molar-refractivity contribution in [2.75, 3.05) is 24.2 Å². The molecule has 0 aliphatic heterocycles. The number of carbonyl (C=O) groups is 1. The van der Waals surface area contributed by atoms with Gasteiger partial charge in [-0.15, -0.1) is 0 Å². The number of nitrogens with two attached hydrogens (primary N) is 1. The molecular weight excluding hydrogens is 330 g/mol. The molecule has 1 amide bonds. The van der Waals surface area contributed by atoms with Gasteiger partial charge in [-0.3, -0.25) is 4.79 Å². The first kappa shape index (κ1) is 15.4. The molecule has 0 saturated carbocycles. The maximum atomic E-state index is 12.0. The van der Waals surface area contributed by atoms with Crippen LogP contribution in [0, 0.1) is 0 Å². The van der Waals surface area contributed by atoms with E-state index in [-0.39, 0.29) is 12.5 Å². The van der Waals surface area contributed by atoms with E-state index in [9.17, 15) is 4.79 Å². The van der Waals surface area contributed by atoms with Gasteiger partial charge in [-0.25, -0.2) is 0 Å². The van der Waals surface area contributed by atoms with Crippen molar-refractivity contribution < 1.29 is 4.79 Å². The van der Waals surface area contributed by atoms with Crippen LogP contribution in [0.4, 0.5) is 11.4 Å². The number of rotatable bonds is 5. The van der Waals surface area contributed by atoms with Crippen molar-refractivity contribution in [3.63, 3.8) is 0 Å². The Kier molecular flexibility index (Phi) is 5.22. The third kappa shape index (κ3) is 4.49. The van der Waals surface area contributed by atoms with Crippen LogP contribution in [0.1, 0.15) is 5.56 Å². The van der Waals surface area contributed by atoms with Crippen molar-refractivity contribution in [2.24, 2.45) is 0 Å². The van der Waals surface area contributed by atoms with E-state index in [1.807, 2.05) is 60.5 Å². The van der Waals surface area contributed by atoms with Crippen LogP contribution in [-0.2, 0) is 11.3 Å². The molecule has 2 rings (SSSR count). The van der Waals surface area contributed by atoms with E-state index in [0.717, 1.165) is 15.7 Å². The zero-order valence-corrected chi connectivity index (χ0v) is 13.4. The molecule has 0 aliphatic rings. The molecule has 0 fully saturated rings. The fraction of sp³-hybridized carbons (Fsp3) is 0.188. The van der Waals surface area contributed by atoms with E-state index < -0.39 is 0 Å². The number of halogens is 1. The van der Waals surface area contributed by atoms with Gasteiger partial charge in [0.15, 0.2) is 0 Å². The highest BCUT2D eigenvalue weighted by molar-refractivity contribution is 9.10. The zero-order chi connectivity index (χ0) is 15.2. The Morgan fingerprint density at radius 3 is 2.62 bits per heavy atom. The monoisotopic (exact) mass is 347 g/mol. The predicted octanol–water partition coefficient (Wildman–Crippen LogP) is 2.78. The summed E-state index contributed by atoms with van der Waals surface area (Å²) in [5, 5.41) is 2.90. The molecule has 110 valence electrons. The smallest absolute Gasteiger partial charge is 0.239 e. The summed E-state index contributed by atoms with van der Waals surface area (Å²) in [6, 6.07) is 15.5. The van der Waals surface area contributed by atoms with Crippen molar-refractivity contribution in [2.45, 2.75) is 6.54 Å². The van der Waals surface area contributed by atoms with Gasteiger partial charge in [0.2, 0.25) is 5.91 Å². The Hall–Kier alpha value is -2.01. The highest BCUT2D eigenvalue weighted by Crippen LogP contribution is 2.25. The summed E-state index contributed by atoms with van der Waals surface area (Å²) in [5.41, 5.74) is 8.52. The first-order valence-corrected chi connectivity index (χ1v) is 7.42. The molecule has 0 heterocycles. The van der Waals surface area contributed by atoms with E-state index in [1.165, 1.54) is 0 Å². The molecule has 4 nitrogen and oxygen atoms in total. The minimum Gasteiger partial charge on any atom is -0.397 e. The summed E-state index contributed by atoms with van der Waals surface area (Å²) in [4.78, 5) is 13.8. The van der Waals surface area contributed by atoms with Gasteiger partial charge in [-0.2, -0.15) is 0 Å². The maximum Gasteiger partial charge on any atom is 0.239 e. The quantitative estimate of drug-likeness (QED) is 0.817. The van der Waals surface area contributed by atoms with E-state index >= 15 is 0 Å². The number of amides is 1. The van der Waals surface area contributed by atoms with Crippen molar-refractivity contribution in [1.29, 1.82) is 0 Å². The summed E-state index contributed by atoms with van der Waals surface area (Å²) in [7, 11) is 1.85. The molecule has 2 aromatic carbocycles. The lowest BCUT2D eigenvalue weighted by molar-refractivity contribution is -0.119. The largest absolute Gasteiger partial charge is 0.397 e. The first-order chi connectivity index (χ1) is 10.1. The summed E-state index contributed by atoms with van der Waals surface area (Å²) in [6.45, 7) is 0.794. The lowest BCUT2D eigenvalue weighted by atomic mass is 10.2. The minimum absolute atomic E-state index is 0.0383. The molecule has 0 radical (unpaired) electrons. The average molecular weight is 348 g/mol. The highest BCUT2D eigenvalue weighted by atomic mass is 79.9. The highest BCUT2D eigenvalue weighted by Gasteiger charge is 2.10. The van der Waals surface area contributed by atoms with Gasteiger partial charge in [0.1, 0.15) is 0 Å². The molecule has 5 heteroatoms. The van der Waals surface area contributed by atoms with Crippen LogP contribution in [0.2, 0.25) is 0 Å².